The van der Waals surface area contributed by atoms with Crippen molar-refractivity contribution in [2.75, 3.05) is 29.9 Å². The quantitative estimate of drug-likeness (QED) is 0.869. The highest BCUT2D eigenvalue weighted by atomic mass is 15.3. The first-order valence-electron chi connectivity index (χ1n) is 7.43. The largest absolute Gasteiger partial charge is 0.368 e. The fraction of sp³-hybridized carbons (Fsp3) is 0.353. The van der Waals surface area contributed by atoms with Crippen molar-refractivity contribution in [1.82, 2.24) is 9.97 Å². The van der Waals surface area contributed by atoms with Gasteiger partial charge in [0, 0.05) is 32.4 Å². The highest BCUT2D eigenvalue weighted by Crippen LogP contribution is 2.28. The van der Waals surface area contributed by atoms with Crippen molar-refractivity contribution in [1.29, 1.82) is 5.26 Å². The molecular formula is C17H19N5. The van der Waals surface area contributed by atoms with Gasteiger partial charge < -0.3 is 9.80 Å². The van der Waals surface area contributed by atoms with Gasteiger partial charge in [0.05, 0.1) is 11.3 Å². The summed E-state index contributed by atoms with van der Waals surface area (Å²) < 4.78 is 0. The molecule has 0 aliphatic carbocycles. The Bertz CT molecular complexity index is 692. The Balaban J connectivity index is 1.78. The van der Waals surface area contributed by atoms with Crippen molar-refractivity contribution in [2.45, 2.75) is 19.4 Å². The maximum Gasteiger partial charge on any atom is 0.131 e. The van der Waals surface area contributed by atoms with E-state index in [9.17, 15) is 5.26 Å². The van der Waals surface area contributed by atoms with Crippen LogP contribution < -0.4 is 9.80 Å². The number of anilines is 2. The minimum Gasteiger partial charge on any atom is -0.368 e. The van der Waals surface area contributed by atoms with Crippen LogP contribution in [0.1, 0.15) is 17.5 Å². The van der Waals surface area contributed by atoms with E-state index in [4.69, 9.17) is 0 Å². The van der Waals surface area contributed by atoms with Gasteiger partial charge in [-0.25, -0.2) is 9.97 Å². The van der Waals surface area contributed by atoms with Gasteiger partial charge >= 0.3 is 0 Å². The topological polar surface area (TPSA) is 56.1 Å². The fourth-order valence-corrected chi connectivity index (χ4v) is 2.95. The summed E-state index contributed by atoms with van der Waals surface area (Å²) in [7, 11) is 2.07. The number of likely N-dealkylation sites (N-methyl/N-ethyl adjacent to an activating group) is 1. The Labute approximate surface area is 130 Å². The van der Waals surface area contributed by atoms with Crippen molar-refractivity contribution in [3.8, 4) is 6.07 Å². The normalized spacial score (nSPS) is 17.3. The second-order valence-electron chi connectivity index (χ2n) is 5.70. The zero-order valence-corrected chi connectivity index (χ0v) is 12.9. The minimum absolute atomic E-state index is 0.391. The van der Waals surface area contributed by atoms with E-state index >= 15 is 0 Å². The van der Waals surface area contributed by atoms with Gasteiger partial charge in [0.2, 0.25) is 0 Å². The Kier molecular flexibility index (Phi) is 3.92. The molecule has 1 aromatic carbocycles. The van der Waals surface area contributed by atoms with E-state index in [1.165, 1.54) is 5.56 Å². The smallest absolute Gasteiger partial charge is 0.131 e. The maximum absolute atomic E-state index is 9.32. The zero-order valence-electron chi connectivity index (χ0n) is 12.9. The Morgan fingerprint density at radius 1 is 1.36 bits per heavy atom. The van der Waals surface area contributed by atoms with Crippen molar-refractivity contribution >= 4 is 11.5 Å². The molecule has 0 spiro atoms. The van der Waals surface area contributed by atoms with Gasteiger partial charge in [0.1, 0.15) is 18.2 Å². The molecule has 1 saturated heterocycles. The SMILES string of the molecule is Cc1ccc(C#N)c(N2CCC(N(C)c3ccncn3)C2)c1. The summed E-state index contributed by atoms with van der Waals surface area (Å²) in [5.41, 5.74) is 2.97. The van der Waals surface area contributed by atoms with E-state index in [2.05, 4.69) is 45.9 Å². The fourth-order valence-electron chi connectivity index (χ4n) is 2.95. The molecule has 0 saturated carbocycles. The van der Waals surface area contributed by atoms with Crippen molar-refractivity contribution in [3.63, 3.8) is 0 Å². The third kappa shape index (κ3) is 2.73. The molecule has 0 radical (unpaired) electrons. The Hall–Kier alpha value is -2.61. The van der Waals surface area contributed by atoms with Crippen LogP contribution >= 0.6 is 0 Å². The van der Waals surface area contributed by atoms with E-state index in [1.54, 1.807) is 12.5 Å². The number of aryl methyl sites for hydroxylation is 1. The lowest BCUT2D eigenvalue weighted by Gasteiger charge is -2.26. The summed E-state index contributed by atoms with van der Waals surface area (Å²) in [6, 6.07) is 10.6. The molecule has 3 rings (SSSR count). The molecule has 0 amide bonds. The van der Waals surface area contributed by atoms with Crippen LogP contribution in [0.25, 0.3) is 0 Å². The van der Waals surface area contributed by atoms with Crippen LogP contribution in [-0.4, -0.2) is 36.1 Å². The van der Waals surface area contributed by atoms with E-state index in [1.807, 2.05) is 18.2 Å². The molecular weight excluding hydrogens is 274 g/mol. The predicted molar refractivity (Wildman–Crippen MR) is 86.9 cm³/mol. The molecule has 1 aromatic heterocycles. The summed E-state index contributed by atoms with van der Waals surface area (Å²) in [6.07, 6.45) is 4.39. The monoisotopic (exact) mass is 293 g/mol. The van der Waals surface area contributed by atoms with Crippen molar-refractivity contribution < 1.29 is 0 Å². The van der Waals surface area contributed by atoms with Gasteiger partial charge in [-0.2, -0.15) is 5.26 Å². The Morgan fingerprint density at radius 2 is 2.23 bits per heavy atom. The summed E-state index contributed by atoms with van der Waals surface area (Å²) in [6.45, 7) is 3.92. The molecule has 5 heteroatoms. The molecule has 2 heterocycles. The Morgan fingerprint density at radius 3 is 2.95 bits per heavy atom. The summed E-state index contributed by atoms with van der Waals surface area (Å²) in [5, 5.41) is 9.32. The molecule has 2 aromatic rings. The first-order chi connectivity index (χ1) is 10.7. The van der Waals surface area contributed by atoms with Crippen LogP contribution in [0.2, 0.25) is 0 Å². The zero-order chi connectivity index (χ0) is 15.5. The van der Waals surface area contributed by atoms with Crippen LogP contribution in [0.15, 0.2) is 36.8 Å². The van der Waals surface area contributed by atoms with Crippen LogP contribution in [-0.2, 0) is 0 Å². The molecule has 112 valence electrons. The number of benzene rings is 1. The van der Waals surface area contributed by atoms with Crippen molar-refractivity contribution in [2.24, 2.45) is 0 Å². The summed E-state index contributed by atoms with van der Waals surface area (Å²) in [4.78, 5) is 12.8. The molecule has 0 N–H and O–H groups in total. The number of rotatable bonds is 3. The van der Waals surface area contributed by atoms with Crippen LogP contribution in [0.4, 0.5) is 11.5 Å². The summed E-state index contributed by atoms with van der Waals surface area (Å²) in [5.74, 6) is 0.937. The first-order valence-corrected chi connectivity index (χ1v) is 7.43. The summed E-state index contributed by atoms with van der Waals surface area (Å²) >= 11 is 0. The van der Waals surface area contributed by atoms with Gasteiger partial charge in [-0.1, -0.05) is 6.07 Å². The average molecular weight is 293 g/mol. The van der Waals surface area contributed by atoms with Crippen molar-refractivity contribution in [3.05, 3.63) is 47.9 Å². The van der Waals surface area contributed by atoms with E-state index < -0.39 is 0 Å². The molecule has 5 nitrogen and oxygen atoms in total. The molecule has 1 atom stereocenters. The third-order valence-corrected chi connectivity index (χ3v) is 4.25. The van der Waals surface area contributed by atoms with Gasteiger partial charge in [0.25, 0.3) is 0 Å². The third-order valence-electron chi connectivity index (χ3n) is 4.25. The predicted octanol–water partition coefficient (Wildman–Crippen LogP) is 2.37. The lowest BCUT2D eigenvalue weighted by molar-refractivity contribution is 0.683. The van der Waals surface area contributed by atoms with Gasteiger partial charge in [-0.3, -0.25) is 0 Å². The second kappa shape index (κ2) is 6.02. The average Bonchev–Trinajstić information content (AvgIpc) is 3.04. The molecule has 0 bridgehead atoms. The highest BCUT2D eigenvalue weighted by molar-refractivity contribution is 5.61. The lowest BCUT2D eigenvalue weighted by Crippen LogP contribution is -2.35. The van der Waals surface area contributed by atoms with E-state index in [0.717, 1.165) is 36.6 Å². The molecule has 1 unspecified atom stereocenters. The van der Waals surface area contributed by atoms with Gasteiger partial charge in [-0.05, 0) is 37.1 Å². The lowest BCUT2D eigenvalue weighted by atomic mass is 10.1. The number of hydrogen-bond acceptors (Lipinski definition) is 5. The van der Waals surface area contributed by atoms with E-state index in [-0.39, 0.29) is 0 Å². The van der Waals surface area contributed by atoms with Crippen LogP contribution in [0, 0.1) is 18.3 Å². The number of nitriles is 1. The highest BCUT2D eigenvalue weighted by Gasteiger charge is 2.27. The molecule has 1 fully saturated rings. The number of aromatic nitrogens is 2. The number of hydrogen-bond donors (Lipinski definition) is 0. The second-order valence-corrected chi connectivity index (χ2v) is 5.70. The van der Waals surface area contributed by atoms with Crippen LogP contribution in [0.5, 0.6) is 0 Å². The number of nitrogens with zero attached hydrogens (tertiary/aromatic N) is 5. The van der Waals surface area contributed by atoms with Crippen LogP contribution in [0.3, 0.4) is 0 Å². The van der Waals surface area contributed by atoms with Gasteiger partial charge in [0.15, 0.2) is 0 Å². The van der Waals surface area contributed by atoms with Gasteiger partial charge in [-0.15, -0.1) is 0 Å². The maximum atomic E-state index is 9.32. The molecule has 1 aliphatic heterocycles. The molecule has 1 aliphatic rings. The standard InChI is InChI=1S/C17H19N5/c1-13-3-4-14(10-18)16(9-13)22-8-6-15(11-22)21(2)17-5-7-19-12-20-17/h3-5,7,9,12,15H,6,8,11H2,1-2H3. The van der Waals surface area contributed by atoms with E-state index in [0.29, 0.717) is 6.04 Å². The molecule has 22 heavy (non-hydrogen) atoms. The minimum atomic E-state index is 0.391. The first kappa shape index (κ1) is 14.3.